The lowest BCUT2D eigenvalue weighted by molar-refractivity contribution is 0.620. The van der Waals surface area contributed by atoms with Crippen molar-refractivity contribution in [1.82, 2.24) is 9.97 Å². The molecule has 0 unspecified atom stereocenters. The number of hydrogen-bond donors (Lipinski definition) is 2. The van der Waals surface area contributed by atoms with Crippen molar-refractivity contribution in [2.45, 2.75) is 20.3 Å². The number of nitrogens with one attached hydrogen (secondary N) is 2. The van der Waals surface area contributed by atoms with Crippen molar-refractivity contribution in [3.63, 3.8) is 0 Å². The van der Waals surface area contributed by atoms with E-state index in [4.69, 9.17) is 0 Å². The first-order valence-electron chi connectivity index (χ1n) is 6.39. The van der Waals surface area contributed by atoms with Gasteiger partial charge in [0.1, 0.15) is 11.6 Å². The van der Waals surface area contributed by atoms with Crippen molar-refractivity contribution in [3.05, 3.63) is 40.2 Å². The largest absolute Gasteiger partial charge is 0.354 e. The molecule has 2 rings (SSSR count). The lowest BCUT2D eigenvalue weighted by atomic mass is 10.2. The van der Waals surface area contributed by atoms with Crippen LogP contribution in [0.15, 0.2) is 28.9 Å². The summed E-state index contributed by atoms with van der Waals surface area (Å²) in [6.45, 7) is 4.74. The van der Waals surface area contributed by atoms with Crippen LogP contribution in [-0.4, -0.2) is 16.5 Å². The molecule has 0 radical (unpaired) electrons. The highest BCUT2D eigenvalue weighted by atomic mass is 79.9. The first-order valence-corrected chi connectivity index (χ1v) is 7.19. The second kappa shape index (κ2) is 6.65. The molecule has 0 saturated carbocycles. The molecule has 0 bridgehead atoms. The third kappa shape index (κ3) is 3.66. The standard InChI is InChI=1S/C14H16BrFN4/c1-3-5-17-14-18-6-4-13(20-14)19-12-8-10(15)11(16)7-9(12)2/h4,6-8H,3,5H2,1-2H3,(H2,17,18,19,20). The average molecular weight is 339 g/mol. The smallest absolute Gasteiger partial charge is 0.224 e. The highest BCUT2D eigenvalue weighted by molar-refractivity contribution is 9.10. The van der Waals surface area contributed by atoms with E-state index in [1.54, 1.807) is 18.3 Å². The predicted molar refractivity (Wildman–Crippen MR) is 82.9 cm³/mol. The predicted octanol–water partition coefficient (Wildman–Crippen LogP) is 4.25. The molecular formula is C14H16BrFN4. The summed E-state index contributed by atoms with van der Waals surface area (Å²) in [6, 6.07) is 4.95. The minimum atomic E-state index is -0.277. The zero-order chi connectivity index (χ0) is 14.5. The molecule has 4 nitrogen and oxygen atoms in total. The van der Waals surface area contributed by atoms with Crippen molar-refractivity contribution in [3.8, 4) is 0 Å². The van der Waals surface area contributed by atoms with Crippen molar-refractivity contribution >= 4 is 33.4 Å². The van der Waals surface area contributed by atoms with Crippen molar-refractivity contribution in [2.75, 3.05) is 17.2 Å². The highest BCUT2D eigenvalue weighted by Gasteiger charge is 2.06. The number of hydrogen-bond acceptors (Lipinski definition) is 4. The molecule has 1 aromatic heterocycles. The van der Waals surface area contributed by atoms with E-state index in [0.717, 1.165) is 24.2 Å². The van der Waals surface area contributed by atoms with Crippen molar-refractivity contribution in [2.24, 2.45) is 0 Å². The highest BCUT2D eigenvalue weighted by Crippen LogP contribution is 2.26. The second-order valence-corrected chi connectivity index (χ2v) is 5.25. The van der Waals surface area contributed by atoms with Crippen molar-refractivity contribution < 1.29 is 4.39 Å². The van der Waals surface area contributed by atoms with Crippen LogP contribution in [0, 0.1) is 12.7 Å². The lowest BCUT2D eigenvalue weighted by Crippen LogP contribution is -2.05. The molecule has 2 aromatic rings. The fourth-order valence-corrected chi connectivity index (χ4v) is 2.01. The second-order valence-electron chi connectivity index (χ2n) is 4.40. The zero-order valence-electron chi connectivity index (χ0n) is 11.4. The molecule has 1 heterocycles. The molecule has 0 aliphatic rings. The van der Waals surface area contributed by atoms with Gasteiger partial charge in [0.25, 0.3) is 0 Å². The van der Waals surface area contributed by atoms with Gasteiger partial charge in [0.2, 0.25) is 5.95 Å². The van der Waals surface area contributed by atoms with Crippen LogP contribution < -0.4 is 10.6 Å². The maximum Gasteiger partial charge on any atom is 0.224 e. The van der Waals surface area contributed by atoms with Crippen molar-refractivity contribution in [1.29, 1.82) is 0 Å². The fraction of sp³-hybridized carbons (Fsp3) is 0.286. The van der Waals surface area contributed by atoms with E-state index in [2.05, 4.69) is 43.5 Å². The molecule has 0 aliphatic heterocycles. The first-order chi connectivity index (χ1) is 9.60. The molecule has 0 spiro atoms. The van der Waals surface area contributed by atoms with Gasteiger partial charge in [-0.2, -0.15) is 4.98 Å². The monoisotopic (exact) mass is 338 g/mol. The molecule has 1 aromatic carbocycles. The van der Waals surface area contributed by atoms with Crippen LogP contribution in [0.25, 0.3) is 0 Å². The summed E-state index contributed by atoms with van der Waals surface area (Å²) in [5.74, 6) is 0.969. The maximum atomic E-state index is 13.4. The molecule has 2 N–H and O–H groups in total. The van der Waals surface area contributed by atoms with Gasteiger partial charge in [0.15, 0.2) is 0 Å². The quantitative estimate of drug-likeness (QED) is 0.855. The third-order valence-electron chi connectivity index (χ3n) is 2.72. The van der Waals surface area contributed by atoms with Crippen LogP contribution in [0.2, 0.25) is 0 Å². The number of rotatable bonds is 5. The van der Waals surface area contributed by atoms with Crippen LogP contribution in [0.1, 0.15) is 18.9 Å². The van der Waals surface area contributed by atoms with E-state index in [-0.39, 0.29) is 5.82 Å². The van der Waals surface area contributed by atoms with Crippen LogP contribution in [0.4, 0.5) is 21.8 Å². The number of anilines is 3. The Morgan fingerprint density at radius 1 is 1.35 bits per heavy atom. The molecule has 0 aliphatic carbocycles. The number of benzene rings is 1. The molecule has 0 saturated heterocycles. The molecular weight excluding hydrogens is 323 g/mol. The van der Waals surface area contributed by atoms with E-state index in [0.29, 0.717) is 16.2 Å². The third-order valence-corrected chi connectivity index (χ3v) is 3.33. The molecule has 0 atom stereocenters. The summed E-state index contributed by atoms with van der Waals surface area (Å²) >= 11 is 3.18. The van der Waals surface area contributed by atoms with Crippen LogP contribution in [0.5, 0.6) is 0 Å². The number of aryl methyl sites for hydroxylation is 1. The minimum Gasteiger partial charge on any atom is -0.354 e. The summed E-state index contributed by atoms with van der Waals surface area (Å²) in [6.07, 6.45) is 2.69. The van der Waals surface area contributed by atoms with Gasteiger partial charge in [-0.1, -0.05) is 6.92 Å². The van der Waals surface area contributed by atoms with Crippen LogP contribution in [0.3, 0.4) is 0 Å². The summed E-state index contributed by atoms with van der Waals surface area (Å²) in [4.78, 5) is 8.50. The SMILES string of the molecule is CCCNc1nccc(Nc2cc(Br)c(F)cc2C)n1. The molecule has 0 amide bonds. The molecule has 0 fully saturated rings. The lowest BCUT2D eigenvalue weighted by Gasteiger charge is -2.11. The Kier molecular flexibility index (Phi) is 4.89. The molecule has 106 valence electrons. The van der Waals surface area contributed by atoms with E-state index < -0.39 is 0 Å². The van der Waals surface area contributed by atoms with E-state index in [1.807, 2.05) is 6.92 Å². The fourth-order valence-electron chi connectivity index (χ4n) is 1.67. The van der Waals surface area contributed by atoms with Gasteiger partial charge in [0, 0.05) is 18.4 Å². The summed E-state index contributed by atoms with van der Waals surface area (Å²) in [7, 11) is 0. The number of nitrogens with zero attached hydrogens (tertiary/aromatic N) is 2. The minimum absolute atomic E-state index is 0.277. The van der Waals surface area contributed by atoms with E-state index in [9.17, 15) is 4.39 Å². The van der Waals surface area contributed by atoms with E-state index >= 15 is 0 Å². The summed E-state index contributed by atoms with van der Waals surface area (Å²) in [5, 5.41) is 6.29. The average Bonchev–Trinajstić information content (AvgIpc) is 2.43. The zero-order valence-corrected chi connectivity index (χ0v) is 13.0. The summed E-state index contributed by atoms with van der Waals surface area (Å²) < 4.78 is 13.8. The van der Waals surface area contributed by atoms with Gasteiger partial charge in [-0.25, -0.2) is 9.37 Å². The molecule has 6 heteroatoms. The Labute approximate surface area is 126 Å². The van der Waals surface area contributed by atoms with E-state index in [1.165, 1.54) is 6.07 Å². The maximum absolute atomic E-state index is 13.4. The number of halogens is 2. The van der Waals surface area contributed by atoms with Gasteiger partial charge < -0.3 is 10.6 Å². The van der Waals surface area contributed by atoms with Gasteiger partial charge in [-0.3, -0.25) is 0 Å². The Hall–Kier alpha value is -1.69. The Morgan fingerprint density at radius 2 is 2.15 bits per heavy atom. The van der Waals surface area contributed by atoms with Gasteiger partial charge in [-0.05, 0) is 53.0 Å². The Bertz CT molecular complexity index is 604. The molecule has 20 heavy (non-hydrogen) atoms. The van der Waals surface area contributed by atoms with Gasteiger partial charge >= 0.3 is 0 Å². The first kappa shape index (κ1) is 14.7. The Balaban J connectivity index is 2.19. The normalized spacial score (nSPS) is 10.4. The van der Waals surface area contributed by atoms with Gasteiger partial charge in [-0.15, -0.1) is 0 Å². The van der Waals surface area contributed by atoms with Crippen LogP contribution >= 0.6 is 15.9 Å². The van der Waals surface area contributed by atoms with Gasteiger partial charge in [0.05, 0.1) is 4.47 Å². The Morgan fingerprint density at radius 3 is 2.90 bits per heavy atom. The number of aromatic nitrogens is 2. The van der Waals surface area contributed by atoms with Crippen LogP contribution in [-0.2, 0) is 0 Å². The topological polar surface area (TPSA) is 49.8 Å². The summed E-state index contributed by atoms with van der Waals surface area (Å²) in [5.41, 5.74) is 1.62.